The predicted molar refractivity (Wildman–Crippen MR) is 67.1 cm³/mol. The Balaban J connectivity index is 2.06. The number of rotatable bonds is 5. The number of imide groups is 1. The lowest BCUT2D eigenvalue weighted by molar-refractivity contribution is -0.120. The molecule has 0 fully saturated rings. The number of hydrogen-bond acceptors (Lipinski definition) is 3. The zero-order valence-electron chi connectivity index (χ0n) is 9.83. The summed E-state index contributed by atoms with van der Waals surface area (Å²) in [5.41, 5.74) is 1.67. The van der Waals surface area contributed by atoms with Crippen molar-refractivity contribution in [2.24, 2.45) is 0 Å². The van der Waals surface area contributed by atoms with E-state index in [4.69, 9.17) is 0 Å². The standard InChI is InChI=1S/C14H13NO3/c16-10-2-1-3-11-4-6-12(7-5-11)15-13(17)8-9-14(15)18/h4-10H,1-3H2. The average Bonchev–Trinajstić information content (AvgIpc) is 2.71. The highest BCUT2D eigenvalue weighted by atomic mass is 16.2. The molecule has 0 saturated heterocycles. The molecule has 18 heavy (non-hydrogen) atoms. The van der Waals surface area contributed by atoms with Gasteiger partial charge in [0.05, 0.1) is 5.69 Å². The van der Waals surface area contributed by atoms with Crippen LogP contribution in [-0.2, 0) is 20.8 Å². The van der Waals surface area contributed by atoms with Crippen LogP contribution in [0.3, 0.4) is 0 Å². The minimum atomic E-state index is -0.311. The lowest BCUT2D eigenvalue weighted by atomic mass is 10.1. The summed E-state index contributed by atoms with van der Waals surface area (Å²) in [6.45, 7) is 0. The summed E-state index contributed by atoms with van der Waals surface area (Å²) in [7, 11) is 0. The third-order valence-electron chi connectivity index (χ3n) is 2.79. The van der Waals surface area contributed by atoms with Crippen LogP contribution in [0.4, 0.5) is 5.69 Å². The van der Waals surface area contributed by atoms with Gasteiger partial charge in [0.25, 0.3) is 11.8 Å². The maximum absolute atomic E-state index is 11.5. The molecule has 2 rings (SSSR count). The minimum Gasteiger partial charge on any atom is -0.303 e. The molecule has 1 aromatic carbocycles. The summed E-state index contributed by atoms with van der Waals surface area (Å²) in [5, 5.41) is 0. The summed E-state index contributed by atoms with van der Waals surface area (Å²) in [6.07, 6.45) is 5.61. The fraction of sp³-hybridized carbons (Fsp3) is 0.214. The monoisotopic (exact) mass is 243 g/mol. The van der Waals surface area contributed by atoms with E-state index >= 15 is 0 Å². The van der Waals surface area contributed by atoms with Crippen molar-refractivity contribution in [3.05, 3.63) is 42.0 Å². The highest BCUT2D eigenvalue weighted by Gasteiger charge is 2.24. The largest absolute Gasteiger partial charge is 0.303 e. The number of carbonyl (C=O) groups excluding carboxylic acids is 3. The normalized spacial score (nSPS) is 14.3. The molecular weight excluding hydrogens is 230 g/mol. The van der Waals surface area contributed by atoms with Gasteiger partial charge in [-0.2, -0.15) is 0 Å². The predicted octanol–water partition coefficient (Wildman–Crippen LogP) is 1.64. The van der Waals surface area contributed by atoms with Gasteiger partial charge in [-0.25, -0.2) is 4.90 Å². The Morgan fingerprint density at radius 3 is 2.17 bits per heavy atom. The Morgan fingerprint density at radius 1 is 1.00 bits per heavy atom. The van der Waals surface area contributed by atoms with Crippen LogP contribution in [0.5, 0.6) is 0 Å². The second-order valence-corrected chi connectivity index (χ2v) is 4.07. The molecule has 0 spiro atoms. The number of anilines is 1. The summed E-state index contributed by atoms with van der Waals surface area (Å²) in [4.78, 5) is 34.3. The molecule has 0 bridgehead atoms. The zero-order valence-corrected chi connectivity index (χ0v) is 9.83. The highest BCUT2D eigenvalue weighted by Crippen LogP contribution is 2.20. The van der Waals surface area contributed by atoms with Crippen LogP contribution >= 0.6 is 0 Å². The highest BCUT2D eigenvalue weighted by molar-refractivity contribution is 6.28. The van der Waals surface area contributed by atoms with E-state index in [2.05, 4.69) is 0 Å². The third kappa shape index (κ3) is 2.53. The van der Waals surface area contributed by atoms with Gasteiger partial charge in [-0.1, -0.05) is 12.1 Å². The van der Waals surface area contributed by atoms with Crippen LogP contribution < -0.4 is 4.90 Å². The van der Waals surface area contributed by atoms with E-state index in [1.807, 2.05) is 12.1 Å². The van der Waals surface area contributed by atoms with Crippen LogP contribution in [0.15, 0.2) is 36.4 Å². The van der Waals surface area contributed by atoms with Crippen molar-refractivity contribution in [2.45, 2.75) is 19.3 Å². The summed E-state index contributed by atoms with van der Waals surface area (Å²) in [6, 6.07) is 7.25. The molecule has 4 nitrogen and oxygen atoms in total. The van der Waals surface area contributed by atoms with E-state index in [-0.39, 0.29) is 11.8 Å². The Morgan fingerprint density at radius 2 is 1.61 bits per heavy atom. The molecular formula is C14H13NO3. The fourth-order valence-electron chi connectivity index (χ4n) is 1.86. The molecule has 0 radical (unpaired) electrons. The molecule has 0 unspecified atom stereocenters. The van der Waals surface area contributed by atoms with E-state index in [1.165, 1.54) is 12.2 Å². The lowest BCUT2D eigenvalue weighted by Crippen LogP contribution is -2.29. The Labute approximate surface area is 105 Å². The van der Waals surface area contributed by atoms with E-state index < -0.39 is 0 Å². The average molecular weight is 243 g/mol. The zero-order chi connectivity index (χ0) is 13.0. The summed E-state index contributed by atoms with van der Waals surface area (Å²) < 4.78 is 0. The van der Waals surface area contributed by atoms with Gasteiger partial charge in [-0.3, -0.25) is 9.59 Å². The molecule has 92 valence electrons. The second-order valence-electron chi connectivity index (χ2n) is 4.07. The lowest BCUT2D eigenvalue weighted by Gasteiger charge is -2.14. The van der Waals surface area contributed by atoms with Gasteiger partial charge in [0.2, 0.25) is 0 Å². The van der Waals surface area contributed by atoms with Crippen molar-refractivity contribution in [2.75, 3.05) is 4.90 Å². The Hall–Kier alpha value is -2.23. The van der Waals surface area contributed by atoms with Crippen LogP contribution in [0.2, 0.25) is 0 Å². The van der Waals surface area contributed by atoms with Gasteiger partial charge in [0.1, 0.15) is 6.29 Å². The molecule has 1 aliphatic rings. The molecule has 4 heteroatoms. The second kappa shape index (κ2) is 5.40. The van der Waals surface area contributed by atoms with E-state index in [0.717, 1.165) is 29.6 Å². The number of benzene rings is 1. The SMILES string of the molecule is O=CCCCc1ccc(N2C(=O)C=CC2=O)cc1. The molecule has 0 aromatic heterocycles. The number of carbonyl (C=O) groups is 3. The Kier molecular flexibility index (Phi) is 3.67. The number of nitrogens with zero attached hydrogens (tertiary/aromatic N) is 1. The Bertz CT molecular complexity index is 484. The first-order chi connectivity index (χ1) is 8.72. The van der Waals surface area contributed by atoms with Gasteiger partial charge in [0.15, 0.2) is 0 Å². The first-order valence-electron chi connectivity index (χ1n) is 5.81. The van der Waals surface area contributed by atoms with Crippen LogP contribution in [0, 0.1) is 0 Å². The summed E-state index contributed by atoms with van der Waals surface area (Å²) >= 11 is 0. The van der Waals surface area contributed by atoms with Gasteiger partial charge < -0.3 is 4.79 Å². The minimum absolute atomic E-state index is 0.311. The molecule has 0 atom stereocenters. The number of aldehydes is 1. The molecule has 0 aliphatic carbocycles. The molecule has 1 aliphatic heterocycles. The van der Waals surface area contributed by atoms with Crippen molar-refractivity contribution in [1.29, 1.82) is 0 Å². The molecule has 1 heterocycles. The van der Waals surface area contributed by atoms with Gasteiger partial charge in [0, 0.05) is 18.6 Å². The quantitative estimate of drug-likeness (QED) is 0.449. The van der Waals surface area contributed by atoms with Crippen molar-refractivity contribution < 1.29 is 14.4 Å². The maximum Gasteiger partial charge on any atom is 0.258 e. The van der Waals surface area contributed by atoms with Gasteiger partial charge in [-0.05, 0) is 30.5 Å². The number of unbranched alkanes of at least 4 members (excludes halogenated alkanes) is 1. The number of hydrogen-bond donors (Lipinski definition) is 0. The van der Waals surface area contributed by atoms with Crippen molar-refractivity contribution in [3.8, 4) is 0 Å². The van der Waals surface area contributed by atoms with Crippen LogP contribution in [0.25, 0.3) is 0 Å². The maximum atomic E-state index is 11.5. The van der Waals surface area contributed by atoms with Gasteiger partial charge >= 0.3 is 0 Å². The van der Waals surface area contributed by atoms with Crippen LogP contribution in [-0.4, -0.2) is 18.1 Å². The van der Waals surface area contributed by atoms with E-state index in [0.29, 0.717) is 12.1 Å². The smallest absolute Gasteiger partial charge is 0.258 e. The van der Waals surface area contributed by atoms with E-state index in [9.17, 15) is 14.4 Å². The third-order valence-corrected chi connectivity index (χ3v) is 2.79. The van der Waals surface area contributed by atoms with Crippen LogP contribution in [0.1, 0.15) is 18.4 Å². The topological polar surface area (TPSA) is 54.5 Å². The fourth-order valence-corrected chi connectivity index (χ4v) is 1.86. The number of amides is 2. The molecule has 0 N–H and O–H groups in total. The van der Waals surface area contributed by atoms with Gasteiger partial charge in [-0.15, -0.1) is 0 Å². The number of aryl methyl sites for hydroxylation is 1. The van der Waals surface area contributed by atoms with Crippen molar-refractivity contribution in [3.63, 3.8) is 0 Å². The van der Waals surface area contributed by atoms with E-state index in [1.54, 1.807) is 12.1 Å². The van der Waals surface area contributed by atoms with Crippen molar-refractivity contribution in [1.82, 2.24) is 0 Å². The molecule has 1 aromatic rings. The first kappa shape index (κ1) is 12.2. The molecule has 0 saturated carbocycles. The summed E-state index contributed by atoms with van der Waals surface area (Å²) in [5.74, 6) is -0.623. The molecule has 2 amide bonds. The first-order valence-corrected chi connectivity index (χ1v) is 5.81. The van der Waals surface area contributed by atoms with Crippen molar-refractivity contribution >= 4 is 23.8 Å².